The van der Waals surface area contributed by atoms with E-state index in [2.05, 4.69) is 20.5 Å². The van der Waals surface area contributed by atoms with Crippen molar-refractivity contribution < 1.29 is 56.1 Å². The normalized spacial score (nSPS) is 17.8. The lowest BCUT2D eigenvalue weighted by atomic mass is 10.0. The summed E-state index contributed by atoms with van der Waals surface area (Å²) < 4.78 is 63.8. The van der Waals surface area contributed by atoms with E-state index in [4.69, 9.17) is 24.0 Å². The Bertz CT molecular complexity index is 2220. The van der Waals surface area contributed by atoms with Gasteiger partial charge in [-0.2, -0.15) is 18.3 Å². The summed E-state index contributed by atoms with van der Waals surface area (Å²) in [7, 11) is 1.43. The van der Waals surface area contributed by atoms with Crippen LogP contribution >= 0.6 is 0 Å². The van der Waals surface area contributed by atoms with Crippen LogP contribution in [-0.2, 0) is 25.2 Å². The van der Waals surface area contributed by atoms with Crippen LogP contribution in [0.1, 0.15) is 68.6 Å². The molecular weight excluding hydrogens is 767 g/mol. The number of piperidine rings is 2. The lowest BCUT2D eigenvalue weighted by molar-refractivity contribution is -0.141. The van der Waals surface area contributed by atoms with E-state index in [1.165, 1.54) is 25.3 Å². The van der Waals surface area contributed by atoms with Crippen LogP contribution < -0.4 is 20.1 Å². The Labute approximate surface area is 329 Å². The van der Waals surface area contributed by atoms with Gasteiger partial charge in [0.25, 0.3) is 17.7 Å². The fourth-order valence-electron chi connectivity index (χ4n) is 7.11. The molecule has 0 aliphatic carbocycles. The van der Waals surface area contributed by atoms with Gasteiger partial charge >= 0.3 is 6.18 Å². The van der Waals surface area contributed by atoms with E-state index < -0.39 is 47.4 Å². The highest BCUT2D eigenvalue weighted by molar-refractivity contribution is 6.23. The van der Waals surface area contributed by atoms with Gasteiger partial charge in [-0.05, 0) is 55.7 Å². The van der Waals surface area contributed by atoms with Gasteiger partial charge in [-0.3, -0.25) is 38.9 Å². The summed E-state index contributed by atoms with van der Waals surface area (Å²) in [6, 6.07) is 10.1. The standard InChI is InChI=1S/C39H40F3N7O9/c1-55-32-21-29-23(19-30(32)44-35(51)28-3-2-4-33(43-28)39(40,41)42)22-48(46-29)24-9-11-47(12-10-24)13-14-56-15-16-57-17-18-58-25-5-6-26-27(20-25)38(54)49(37(26)53)31-7-8-34(50)45-36(31)52/h2-6,19-22,24,31H,7-18H2,1H3,(H,44,51)(H,45,50,52). The molecule has 3 aliphatic heterocycles. The summed E-state index contributed by atoms with van der Waals surface area (Å²) >= 11 is 0. The largest absolute Gasteiger partial charge is 0.494 e. The minimum atomic E-state index is -4.68. The number of methoxy groups -OCH3 is 1. The Kier molecular flexibility index (Phi) is 12.0. The average molecular weight is 808 g/mol. The number of alkyl halides is 3. The molecule has 7 rings (SSSR count). The molecule has 5 heterocycles. The summed E-state index contributed by atoms with van der Waals surface area (Å²) in [6.45, 7) is 4.17. The molecule has 0 radical (unpaired) electrons. The van der Waals surface area contributed by atoms with Gasteiger partial charge in [-0.15, -0.1) is 0 Å². The number of rotatable bonds is 15. The highest BCUT2D eigenvalue weighted by Crippen LogP contribution is 2.33. The van der Waals surface area contributed by atoms with Gasteiger partial charge in [-0.25, -0.2) is 4.98 Å². The van der Waals surface area contributed by atoms with Gasteiger partial charge in [0.05, 0.1) is 61.9 Å². The van der Waals surface area contributed by atoms with Crippen molar-refractivity contribution in [3.63, 3.8) is 0 Å². The number of hydrogen-bond acceptors (Lipinski definition) is 12. The molecule has 2 N–H and O–H groups in total. The average Bonchev–Trinajstić information content (AvgIpc) is 3.73. The fourth-order valence-corrected chi connectivity index (χ4v) is 7.11. The third-order valence-electron chi connectivity index (χ3n) is 10.1. The molecule has 2 saturated heterocycles. The molecule has 3 aliphatic rings. The van der Waals surface area contributed by atoms with Crippen molar-refractivity contribution in [3.05, 3.63) is 77.2 Å². The monoisotopic (exact) mass is 807 g/mol. The fraction of sp³-hybridized carbons (Fsp3) is 0.410. The number of ether oxygens (including phenoxy) is 4. The van der Waals surface area contributed by atoms with Crippen LogP contribution in [0.5, 0.6) is 11.5 Å². The minimum Gasteiger partial charge on any atom is -0.494 e. The number of aromatic nitrogens is 3. The molecule has 5 amide bonds. The maximum absolute atomic E-state index is 13.1. The number of nitrogens with one attached hydrogen (secondary N) is 2. The predicted octanol–water partition coefficient (Wildman–Crippen LogP) is 3.86. The zero-order chi connectivity index (χ0) is 41.0. The summed E-state index contributed by atoms with van der Waals surface area (Å²) in [5, 5.41) is 10.3. The van der Waals surface area contributed by atoms with Crippen molar-refractivity contribution in [1.29, 1.82) is 0 Å². The van der Waals surface area contributed by atoms with E-state index in [1.54, 1.807) is 18.2 Å². The molecule has 0 spiro atoms. The second kappa shape index (κ2) is 17.3. The van der Waals surface area contributed by atoms with E-state index in [-0.39, 0.29) is 54.6 Å². The van der Waals surface area contributed by atoms with Crippen molar-refractivity contribution in [2.24, 2.45) is 0 Å². The molecule has 19 heteroatoms. The lowest BCUT2D eigenvalue weighted by Gasteiger charge is -2.31. The molecule has 58 heavy (non-hydrogen) atoms. The first-order valence-electron chi connectivity index (χ1n) is 18.7. The van der Waals surface area contributed by atoms with E-state index in [0.717, 1.165) is 54.9 Å². The van der Waals surface area contributed by atoms with Crippen molar-refractivity contribution in [2.45, 2.75) is 43.9 Å². The SMILES string of the molecule is COc1cc2nn(C3CCN(CCOCCOCCOc4ccc5c(c4)C(=O)N(C4CCC(=O)NC4=O)C5=O)CC3)cc2cc1NC(=O)c1cccc(C(F)(F)F)n1. The van der Waals surface area contributed by atoms with Crippen LogP contribution in [0.2, 0.25) is 0 Å². The molecule has 16 nitrogen and oxygen atoms in total. The molecule has 2 aromatic carbocycles. The zero-order valence-electron chi connectivity index (χ0n) is 31.4. The van der Waals surface area contributed by atoms with Gasteiger partial charge in [0.2, 0.25) is 11.8 Å². The van der Waals surface area contributed by atoms with Gasteiger partial charge in [0.15, 0.2) is 0 Å². The number of imide groups is 2. The smallest absolute Gasteiger partial charge is 0.433 e. The third kappa shape index (κ3) is 8.95. The van der Waals surface area contributed by atoms with Gasteiger partial charge in [0, 0.05) is 43.7 Å². The van der Waals surface area contributed by atoms with Gasteiger partial charge in [-0.1, -0.05) is 6.07 Å². The molecule has 306 valence electrons. The van der Waals surface area contributed by atoms with Crippen LogP contribution in [0.15, 0.2) is 54.7 Å². The van der Waals surface area contributed by atoms with E-state index in [0.29, 0.717) is 36.8 Å². The Morgan fingerprint density at radius 1 is 0.914 bits per heavy atom. The van der Waals surface area contributed by atoms with Crippen molar-refractivity contribution in [2.75, 3.05) is 65.1 Å². The topological polar surface area (TPSA) is 184 Å². The number of pyridine rings is 1. The van der Waals surface area contributed by atoms with Gasteiger partial charge < -0.3 is 29.2 Å². The Morgan fingerprint density at radius 2 is 1.66 bits per heavy atom. The molecule has 2 fully saturated rings. The maximum Gasteiger partial charge on any atom is 0.433 e. The van der Waals surface area contributed by atoms with Crippen LogP contribution in [0, 0.1) is 0 Å². The first-order valence-corrected chi connectivity index (χ1v) is 18.7. The summed E-state index contributed by atoms with van der Waals surface area (Å²) in [6.07, 6.45) is -0.964. The number of halogens is 3. The Hall–Kier alpha value is -5.92. The number of fused-ring (bicyclic) bond motifs is 2. The Morgan fingerprint density at radius 3 is 2.40 bits per heavy atom. The number of amides is 5. The molecular formula is C39H40F3N7O9. The molecule has 4 aromatic rings. The van der Waals surface area contributed by atoms with Crippen molar-refractivity contribution in [1.82, 2.24) is 29.9 Å². The zero-order valence-corrected chi connectivity index (χ0v) is 31.4. The number of carbonyl (C=O) groups is 5. The molecule has 0 bridgehead atoms. The second-order valence-corrected chi connectivity index (χ2v) is 13.9. The van der Waals surface area contributed by atoms with Crippen molar-refractivity contribution >= 4 is 46.1 Å². The van der Waals surface area contributed by atoms with Crippen molar-refractivity contribution in [3.8, 4) is 11.5 Å². The molecule has 1 atom stereocenters. The number of benzene rings is 2. The third-order valence-corrected chi connectivity index (χ3v) is 10.1. The predicted molar refractivity (Wildman–Crippen MR) is 198 cm³/mol. The number of likely N-dealkylation sites (tertiary alicyclic amines) is 1. The van der Waals surface area contributed by atoms with E-state index in [1.807, 2.05) is 10.9 Å². The minimum absolute atomic E-state index is 0.0451. The number of carbonyl (C=O) groups excluding carboxylic acids is 5. The van der Waals surface area contributed by atoms with Gasteiger partial charge in [0.1, 0.15) is 35.5 Å². The van der Waals surface area contributed by atoms with Crippen LogP contribution in [0.3, 0.4) is 0 Å². The first-order chi connectivity index (χ1) is 27.9. The number of anilines is 1. The summed E-state index contributed by atoms with van der Waals surface area (Å²) in [4.78, 5) is 69.1. The summed E-state index contributed by atoms with van der Waals surface area (Å²) in [5.74, 6) is -2.40. The quantitative estimate of drug-likeness (QED) is 0.131. The molecule has 1 unspecified atom stereocenters. The van der Waals surface area contributed by atoms with Crippen LogP contribution in [0.25, 0.3) is 10.9 Å². The molecule has 2 aromatic heterocycles. The maximum atomic E-state index is 13.1. The molecule has 0 saturated carbocycles. The highest BCUT2D eigenvalue weighted by Gasteiger charge is 2.44. The second-order valence-electron chi connectivity index (χ2n) is 13.9. The lowest BCUT2D eigenvalue weighted by Crippen LogP contribution is -2.54. The van der Waals surface area contributed by atoms with E-state index >= 15 is 0 Å². The highest BCUT2D eigenvalue weighted by atomic mass is 19.4. The number of hydrogen-bond donors (Lipinski definition) is 2. The van der Waals surface area contributed by atoms with Crippen LogP contribution in [-0.4, -0.2) is 120 Å². The van der Waals surface area contributed by atoms with Crippen LogP contribution in [0.4, 0.5) is 18.9 Å². The van der Waals surface area contributed by atoms with E-state index in [9.17, 15) is 37.1 Å². The Balaban J connectivity index is 0.793. The number of nitrogens with zero attached hydrogens (tertiary/aromatic N) is 5. The first kappa shape index (κ1) is 40.3. The summed E-state index contributed by atoms with van der Waals surface area (Å²) in [5.41, 5.74) is -0.290.